The van der Waals surface area contributed by atoms with Crippen LogP contribution in [0.25, 0.3) is 10.2 Å². The highest BCUT2D eigenvalue weighted by molar-refractivity contribution is 7.98. The van der Waals surface area contributed by atoms with E-state index in [9.17, 15) is 4.79 Å². The fourth-order valence-electron chi connectivity index (χ4n) is 3.02. The first-order chi connectivity index (χ1) is 13.4. The van der Waals surface area contributed by atoms with Crippen molar-refractivity contribution in [2.75, 3.05) is 38.3 Å². The van der Waals surface area contributed by atoms with Gasteiger partial charge in [0.1, 0.15) is 0 Å². The Kier molecular flexibility index (Phi) is 8.52. The highest BCUT2D eigenvalue weighted by Gasteiger charge is 2.21. The molecule has 1 amide bonds. The van der Waals surface area contributed by atoms with Gasteiger partial charge in [0, 0.05) is 17.0 Å². The fraction of sp³-hybridized carbons (Fsp3) is 0.364. The zero-order valence-corrected chi connectivity index (χ0v) is 20.0. The van der Waals surface area contributed by atoms with Gasteiger partial charge in [0.05, 0.1) is 10.2 Å². The summed E-state index contributed by atoms with van der Waals surface area (Å²) >= 11 is 3.24. The molecule has 4 nitrogen and oxygen atoms in total. The summed E-state index contributed by atoms with van der Waals surface area (Å²) in [5.41, 5.74) is 4.15. The molecule has 0 aliphatic carbocycles. The van der Waals surface area contributed by atoms with E-state index in [0.29, 0.717) is 12.1 Å². The van der Waals surface area contributed by atoms with E-state index < -0.39 is 0 Å². The molecule has 0 atom stereocenters. The maximum Gasteiger partial charge on any atom is 0.260 e. The van der Waals surface area contributed by atoms with Crippen molar-refractivity contribution in [1.29, 1.82) is 0 Å². The molecule has 3 rings (SSSR count). The van der Waals surface area contributed by atoms with E-state index in [1.54, 1.807) is 23.1 Å². The third-order valence-corrected chi connectivity index (χ3v) is 6.54. The summed E-state index contributed by atoms with van der Waals surface area (Å²) < 4.78 is 1.13. The minimum absolute atomic E-state index is 0. The highest BCUT2D eigenvalue weighted by Crippen LogP contribution is 2.32. The lowest BCUT2D eigenvalue weighted by Gasteiger charge is -2.21. The number of rotatable bonds is 7. The molecule has 0 saturated carbocycles. The quantitative estimate of drug-likeness (QED) is 0.436. The van der Waals surface area contributed by atoms with Crippen LogP contribution in [-0.2, 0) is 0 Å². The smallest absolute Gasteiger partial charge is 0.260 e. The fourth-order valence-corrected chi connectivity index (χ4v) is 4.55. The van der Waals surface area contributed by atoms with Gasteiger partial charge >= 0.3 is 0 Å². The first-order valence-corrected chi connectivity index (χ1v) is 11.4. The Labute approximate surface area is 187 Å². The third-order valence-electron chi connectivity index (χ3n) is 4.77. The Morgan fingerprint density at radius 2 is 1.83 bits per heavy atom. The van der Waals surface area contributed by atoms with Crippen LogP contribution in [0.15, 0.2) is 41.3 Å². The van der Waals surface area contributed by atoms with Crippen LogP contribution in [0, 0.1) is 13.8 Å². The van der Waals surface area contributed by atoms with E-state index >= 15 is 0 Å². The minimum Gasteiger partial charge on any atom is -0.309 e. The van der Waals surface area contributed by atoms with E-state index in [4.69, 9.17) is 4.98 Å². The molecule has 0 N–H and O–H groups in total. The molecule has 2 aromatic carbocycles. The van der Waals surface area contributed by atoms with Crippen molar-refractivity contribution < 1.29 is 4.79 Å². The van der Waals surface area contributed by atoms with Crippen LogP contribution in [0.1, 0.15) is 27.9 Å². The second-order valence-electron chi connectivity index (χ2n) is 7.25. The van der Waals surface area contributed by atoms with Gasteiger partial charge in [-0.25, -0.2) is 4.98 Å². The van der Waals surface area contributed by atoms with Crippen molar-refractivity contribution >= 4 is 56.8 Å². The summed E-state index contributed by atoms with van der Waals surface area (Å²) in [7, 11) is 4.11. The number of aryl methyl sites for hydroxylation is 2. The summed E-state index contributed by atoms with van der Waals surface area (Å²) in [5, 5.41) is 0.776. The summed E-state index contributed by atoms with van der Waals surface area (Å²) in [5.74, 6) is 0.0159. The summed E-state index contributed by atoms with van der Waals surface area (Å²) in [6.45, 7) is 5.79. The number of hydrogen-bond acceptors (Lipinski definition) is 5. The number of amides is 1. The molecule has 0 saturated heterocycles. The second kappa shape index (κ2) is 10.4. The lowest BCUT2D eigenvalue weighted by atomic mass is 10.1. The summed E-state index contributed by atoms with van der Waals surface area (Å²) in [6.07, 6.45) is 2.92. The summed E-state index contributed by atoms with van der Waals surface area (Å²) in [6, 6.07) is 12.1. The van der Waals surface area contributed by atoms with Gasteiger partial charge in [-0.05, 0) is 88.6 Å². The van der Waals surface area contributed by atoms with Gasteiger partial charge in [0.25, 0.3) is 5.91 Å². The lowest BCUT2D eigenvalue weighted by Crippen LogP contribution is -2.33. The maximum absolute atomic E-state index is 13.4. The van der Waals surface area contributed by atoms with Crippen LogP contribution >= 0.6 is 35.5 Å². The van der Waals surface area contributed by atoms with Gasteiger partial charge < -0.3 is 4.90 Å². The number of halogens is 1. The molecular weight excluding hydrogens is 422 g/mol. The molecule has 0 unspecified atom stereocenters. The number of carbonyl (C=O) groups excluding carboxylic acids is 1. The molecular formula is C22H28ClN3OS2. The number of anilines is 1. The summed E-state index contributed by atoms with van der Waals surface area (Å²) in [4.78, 5) is 23.3. The maximum atomic E-state index is 13.4. The van der Waals surface area contributed by atoms with E-state index in [0.717, 1.165) is 33.2 Å². The van der Waals surface area contributed by atoms with Crippen molar-refractivity contribution in [3.05, 3.63) is 53.1 Å². The van der Waals surface area contributed by atoms with Gasteiger partial charge in [-0.3, -0.25) is 9.69 Å². The molecule has 0 radical (unpaired) electrons. The van der Waals surface area contributed by atoms with Crippen molar-refractivity contribution in [2.24, 2.45) is 0 Å². The normalized spacial score (nSPS) is 11.0. The van der Waals surface area contributed by atoms with E-state index in [-0.39, 0.29) is 18.3 Å². The molecule has 7 heteroatoms. The average molecular weight is 450 g/mol. The van der Waals surface area contributed by atoms with E-state index in [1.807, 2.05) is 35.4 Å². The molecule has 0 fully saturated rings. The molecule has 0 spiro atoms. The number of carbonyl (C=O) groups is 1. The zero-order valence-electron chi connectivity index (χ0n) is 17.6. The average Bonchev–Trinajstić information content (AvgIpc) is 3.07. The molecule has 0 aliphatic heterocycles. The Morgan fingerprint density at radius 3 is 2.52 bits per heavy atom. The van der Waals surface area contributed by atoms with Gasteiger partial charge in [-0.1, -0.05) is 17.4 Å². The second-order valence-corrected chi connectivity index (χ2v) is 9.13. The minimum atomic E-state index is 0. The molecule has 0 bridgehead atoms. The van der Waals surface area contributed by atoms with Gasteiger partial charge in [0.2, 0.25) is 0 Å². The zero-order chi connectivity index (χ0) is 20.3. The van der Waals surface area contributed by atoms with Crippen molar-refractivity contribution in [3.8, 4) is 0 Å². The number of fused-ring (bicyclic) bond motifs is 1. The standard InChI is InChI=1S/C22H27N3OS2.ClH/c1-15-12-19-20(13-16(15)2)28-22(23-19)25(11-7-10-24(3)4)21(26)17-8-6-9-18(14-17)27-5;/h6,8-9,12-14H,7,10-11H2,1-5H3;1H. The van der Waals surface area contributed by atoms with Crippen LogP contribution in [-0.4, -0.2) is 49.2 Å². The van der Waals surface area contributed by atoms with Crippen LogP contribution in [0.5, 0.6) is 0 Å². The largest absolute Gasteiger partial charge is 0.309 e. The molecule has 156 valence electrons. The van der Waals surface area contributed by atoms with E-state index in [1.165, 1.54) is 11.1 Å². The number of thiazole rings is 1. The van der Waals surface area contributed by atoms with Crippen LogP contribution in [0.3, 0.4) is 0 Å². The first-order valence-electron chi connectivity index (χ1n) is 9.37. The predicted octanol–water partition coefficient (Wildman–Crippen LogP) is 5.66. The first kappa shape index (κ1) is 23.7. The Hall–Kier alpha value is -1.60. The SMILES string of the molecule is CSc1cccc(C(=O)N(CCCN(C)C)c2nc3cc(C)c(C)cc3s2)c1.Cl. The number of aromatic nitrogens is 1. The topological polar surface area (TPSA) is 36.4 Å². The van der Waals surface area contributed by atoms with Crippen molar-refractivity contribution in [3.63, 3.8) is 0 Å². The number of thioether (sulfide) groups is 1. The van der Waals surface area contributed by atoms with Gasteiger partial charge in [-0.2, -0.15) is 0 Å². The molecule has 1 aromatic heterocycles. The third kappa shape index (κ3) is 5.72. The van der Waals surface area contributed by atoms with Crippen LogP contribution < -0.4 is 4.90 Å². The van der Waals surface area contributed by atoms with Crippen LogP contribution in [0.2, 0.25) is 0 Å². The number of hydrogen-bond donors (Lipinski definition) is 0. The Balaban J connectivity index is 0.00000300. The van der Waals surface area contributed by atoms with Gasteiger partial charge in [0.15, 0.2) is 5.13 Å². The van der Waals surface area contributed by atoms with Gasteiger partial charge in [-0.15, -0.1) is 24.2 Å². The molecule has 0 aliphatic rings. The Morgan fingerprint density at radius 1 is 1.10 bits per heavy atom. The van der Waals surface area contributed by atoms with E-state index in [2.05, 4.69) is 45.0 Å². The predicted molar refractivity (Wildman–Crippen MR) is 129 cm³/mol. The number of nitrogens with zero attached hydrogens (tertiary/aromatic N) is 3. The van der Waals surface area contributed by atoms with Crippen LogP contribution in [0.4, 0.5) is 5.13 Å². The number of benzene rings is 2. The molecule has 29 heavy (non-hydrogen) atoms. The molecule has 1 heterocycles. The molecule has 3 aromatic rings. The Bertz CT molecular complexity index is 948. The highest BCUT2D eigenvalue weighted by atomic mass is 35.5. The van der Waals surface area contributed by atoms with Crippen molar-refractivity contribution in [1.82, 2.24) is 9.88 Å². The lowest BCUT2D eigenvalue weighted by molar-refractivity contribution is 0.0986. The monoisotopic (exact) mass is 449 g/mol. The van der Waals surface area contributed by atoms with Crippen molar-refractivity contribution in [2.45, 2.75) is 25.2 Å².